The minimum absolute atomic E-state index is 0.0735. The van der Waals surface area contributed by atoms with Crippen LogP contribution < -0.4 is 14.4 Å². The number of hydrogen-bond donors (Lipinski definition) is 1. The van der Waals surface area contributed by atoms with E-state index in [2.05, 4.69) is 5.32 Å². The maximum Gasteiger partial charge on any atom is 0.242 e. The number of carbonyl (C=O) groups is 2. The van der Waals surface area contributed by atoms with Gasteiger partial charge in [0, 0.05) is 26.6 Å². The van der Waals surface area contributed by atoms with E-state index < -0.39 is 16.1 Å². The molecule has 2 aromatic rings. The Kier molecular flexibility index (Phi) is 9.55. The maximum absolute atomic E-state index is 13.1. The number of anilines is 1. The Morgan fingerprint density at radius 3 is 2.36 bits per heavy atom. The molecule has 1 unspecified atom stereocenters. The minimum atomic E-state index is -3.61. The number of nitrogens with one attached hydrogen (secondary N) is 1. The number of methoxy groups -OCH3 is 1. The number of rotatable bonds is 11. The van der Waals surface area contributed by atoms with Crippen LogP contribution in [-0.2, 0) is 26.2 Å². The van der Waals surface area contributed by atoms with Gasteiger partial charge < -0.3 is 15.0 Å². The van der Waals surface area contributed by atoms with Crippen molar-refractivity contribution in [3.63, 3.8) is 0 Å². The van der Waals surface area contributed by atoms with Crippen molar-refractivity contribution >= 4 is 39.1 Å². The molecule has 0 bridgehead atoms. The minimum Gasteiger partial charge on any atom is -0.495 e. The van der Waals surface area contributed by atoms with Crippen LogP contribution in [0.3, 0.4) is 0 Å². The van der Waals surface area contributed by atoms with Crippen LogP contribution >= 0.6 is 11.6 Å². The summed E-state index contributed by atoms with van der Waals surface area (Å²) in [5.74, 6) is -0.0788. The molecule has 0 saturated heterocycles. The van der Waals surface area contributed by atoms with E-state index in [9.17, 15) is 18.0 Å². The van der Waals surface area contributed by atoms with Gasteiger partial charge in [0.15, 0.2) is 0 Å². The first-order valence-corrected chi connectivity index (χ1v) is 12.7. The summed E-state index contributed by atoms with van der Waals surface area (Å²) in [4.78, 5) is 26.8. The summed E-state index contributed by atoms with van der Waals surface area (Å²) >= 11 is 6.16. The van der Waals surface area contributed by atoms with Crippen LogP contribution in [-0.4, -0.2) is 58.1 Å². The fraction of sp³-hybridized carbons (Fsp3) is 0.391. The summed E-state index contributed by atoms with van der Waals surface area (Å²) in [5.41, 5.74) is 1.28. The Labute approximate surface area is 200 Å². The van der Waals surface area contributed by atoms with E-state index in [0.717, 1.165) is 11.8 Å². The van der Waals surface area contributed by atoms with E-state index in [-0.39, 0.29) is 42.8 Å². The highest BCUT2D eigenvalue weighted by Crippen LogP contribution is 2.30. The Hall–Kier alpha value is -2.78. The molecule has 0 aliphatic heterocycles. The van der Waals surface area contributed by atoms with E-state index in [4.69, 9.17) is 16.3 Å². The lowest BCUT2D eigenvalue weighted by atomic mass is 10.1. The van der Waals surface area contributed by atoms with E-state index in [1.54, 1.807) is 19.1 Å². The molecule has 0 aliphatic rings. The van der Waals surface area contributed by atoms with Crippen molar-refractivity contribution < 1.29 is 22.7 Å². The van der Waals surface area contributed by atoms with Crippen LogP contribution in [0.1, 0.15) is 25.3 Å². The van der Waals surface area contributed by atoms with Gasteiger partial charge in [0.2, 0.25) is 21.8 Å². The molecule has 2 aromatic carbocycles. The molecule has 10 heteroatoms. The highest BCUT2D eigenvalue weighted by molar-refractivity contribution is 7.92. The summed E-state index contributed by atoms with van der Waals surface area (Å²) in [7, 11) is -0.614. The molecule has 0 radical (unpaired) electrons. The van der Waals surface area contributed by atoms with Crippen molar-refractivity contribution in [2.45, 2.75) is 32.4 Å². The van der Waals surface area contributed by atoms with Gasteiger partial charge in [0.25, 0.3) is 0 Å². The second-order valence-corrected chi connectivity index (χ2v) is 9.87. The number of sulfonamides is 1. The number of hydrogen-bond acceptors (Lipinski definition) is 5. The molecule has 2 rings (SSSR count). The van der Waals surface area contributed by atoms with Crippen LogP contribution in [0.25, 0.3) is 0 Å². The third-order valence-electron chi connectivity index (χ3n) is 5.18. The van der Waals surface area contributed by atoms with Crippen molar-refractivity contribution in [1.29, 1.82) is 0 Å². The molecule has 1 N–H and O–H groups in total. The third kappa shape index (κ3) is 7.36. The Morgan fingerprint density at radius 1 is 1.15 bits per heavy atom. The molecule has 0 heterocycles. The first-order valence-electron chi connectivity index (χ1n) is 10.4. The summed E-state index contributed by atoms with van der Waals surface area (Å²) in [6, 6.07) is 13.4. The second-order valence-electron chi connectivity index (χ2n) is 7.55. The number of likely N-dealkylation sites (N-methyl/N-ethyl adjacent to an activating group) is 1. The SMILES string of the molecule is CNC(=O)C(C)N(Cc1ccccc1)C(=O)CCCN(c1ccc(OC)c(Cl)c1)S(C)(=O)=O. The van der Waals surface area contributed by atoms with Crippen molar-refractivity contribution in [3.8, 4) is 5.75 Å². The van der Waals surface area contributed by atoms with Gasteiger partial charge in [-0.3, -0.25) is 13.9 Å². The highest BCUT2D eigenvalue weighted by Gasteiger charge is 2.26. The monoisotopic (exact) mass is 495 g/mol. The van der Waals surface area contributed by atoms with Gasteiger partial charge in [-0.25, -0.2) is 8.42 Å². The lowest BCUT2D eigenvalue weighted by Gasteiger charge is -2.29. The molecular formula is C23H30ClN3O5S. The largest absolute Gasteiger partial charge is 0.495 e. The molecule has 180 valence electrons. The Balaban J connectivity index is 2.15. The Morgan fingerprint density at radius 2 is 1.82 bits per heavy atom. The van der Waals surface area contributed by atoms with Crippen LogP contribution in [0.15, 0.2) is 48.5 Å². The number of nitrogens with zero attached hydrogens (tertiary/aromatic N) is 2. The molecule has 0 aliphatic carbocycles. The van der Waals surface area contributed by atoms with Gasteiger partial charge >= 0.3 is 0 Å². The van der Waals surface area contributed by atoms with Gasteiger partial charge in [-0.1, -0.05) is 41.9 Å². The van der Waals surface area contributed by atoms with Crippen molar-refractivity contribution in [2.24, 2.45) is 0 Å². The number of ether oxygens (including phenoxy) is 1. The smallest absolute Gasteiger partial charge is 0.242 e. The van der Waals surface area contributed by atoms with Crippen LogP contribution in [0.5, 0.6) is 5.75 Å². The van der Waals surface area contributed by atoms with E-state index >= 15 is 0 Å². The lowest BCUT2D eigenvalue weighted by Crippen LogP contribution is -2.46. The molecule has 33 heavy (non-hydrogen) atoms. The number of halogens is 1. The van der Waals surface area contributed by atoms with E-state index in [1.165, 1.54) is 29.4 Å². The van der Waals surface area contributed by atoms with Crippen LogP contribution in [0.4, 0.5) is 5.69 Å². The normalized spacial score (nSPS) is 12.0. The Bertz CT molecular complexity index is 1060. The molecule has 0 saturated carbocycles. The molecular weight excluding hydrogens is 466 g/mol. The van der Waals surface area contributed by atoms with Gasteiger partial charge in [0.05, 0.1) is 24.1 Å². The molecule has 0 spiro atoms. The first kappa shape index (κ1) is 26.5. The molecule has 2 amide bonds. The summed E-state index contributed by atoms with van der Waals surface area (Å²) in [6.45, 7) is 2.03. The standard InChI is InChI=1S/C23H30ClN3O5S/c1-17(23(29)25-2)26(16-18-9-6-5-7-10-18)22(28)11-8-14-27(33(4,30)31)19-12-13-21(32-3)20(24)15-19/h5-7,9-10,12-13,15,17H,8,11,14,16H2,1-4H3,(H,25,29). The summed E-state index contributed by atoms with van der Waals surface area (Å²) in [6.07, 6.45) is 1.44. The molecule has 0 aromatic heterocycles. The first-order chi connectivity index (χ1) is 15.6. The highest BCUT2D eigenvalue weighted by atomic mass is 35.5. The molecule has 1 atom stereocenters. The summed E-state index contributed by atoms with van der Waals surface area (Å²) < 4.78 is 31.1. The topological polar surface area (TPSA) is 96.0 Å². The predicted octanol–water partition coefficient (Wildman–Crippen LogP) is 3.06. The van der Waals surface area contributed by atoms with Crippen LogP contribution in [0, 0.1) is 0 Å². The van der Waals surface area contributed by atoms with Gasteiger partial charge in [0.1, 0.15) is 11.8 Å². The van der Waals surface area contributed by atoms with E-state index in [0.29, 0.717) is 11.4 Å². The summed E-state index contributed by atoms with van der Waals surface area (Å²) in [5, 5.41) is 2.86. The third-order valence-corrected chi connectivity index (χ3v) is 6.67. The van der Waals surface area contributed by atoms with Crippen molar-refractivity contribution in [2.75, 3.05) is 31.3 Å². The number of amides is 2. The van der Waals surface area contributed by atoms with Crippen LogP contribution in [0.2, 0.25) is 5.02 Å². The van der Waals surface area contributed by atoms with Crippen molar-refractivity contribution in [1.82, 2.24) is 10.2 Å². The average Bonchev–Trinajstić information content (AvgIpc) is 2.79. The second kappa shape index (κ2) is 11.9. The quantitative estimate of drug-likeness (QED) is 0.517. The molecule has 0 fully saturated rings. The maximum atomic E-state index is 13.1. The lowest BCUT2D eigenvalue weighted by molar-refractivity contribution is -0.140. The van der Waals surface area contributed by atoms with Gasteiger partial charge in [-0.15, -0.1) is 0 Å². The number of carbonyl (C=O) groups excluding carboxylic acids is 2. The molecule has 8 nitrogen and oxygen atoms in total. The predicted molar refractivity (Wildman–Crippen MR) is 130 cm³/mol. The average molecular weight is 496 g/mol. The zero-order valence-electron chi connectivity index (χ0n) is 19.2. The van der Waals surface area contributed by atoms with Gasteiger partial charge in [-0.05, 0) is 37.1 Å². The fourth-order valence-corrected chi connectivity index (χ4v) is 4.60. The zero-order valence-corrected chi connectivity index (χ0v) is 20.8. The van der Waals surface area contributed by atoms with Gasteiger partial charge in [-0.2, -0.15) is 0 Å². The number of benzene rings is 2. The van der Waals surface area contributed by atoms with E-state index in [1.807, 2.05) is 30.3 Å². The fourth-order valence-electron chi connectivity index (χ4n) is 3.39. The zero-order chi connectivity index (χ0) is 24.6. The van der Waals surface area contributed by atoms with Crippen molar-refractivity contribution in [3.05, 3.63) is 59.1 Å².